The fraction of sp³-hybridized carbons (Fsp3) is 0.417. The van der Waals surface area contributed by atoms with Crippen LogP contribution in [0.3, 0.4) is 0 Å². The van der Waals surface area contributed by atoms with E-state index in [-0.39, 0.29) is 17.7 Å². The van der Waals surface area contributed by atoms with Crippen LogP contribution in [0.2, 0.25) is 0 Å². The molecule has 4 rings (SSSR count). The summed E-state index contributed by atoms with van der Waals surface area (Å²) in [4.78, 5) is 31.6. The lowest BCUT2D eigenvalue weighted by Gasteiger charge is -2.37. The number of para-hydroxylation sites is 1. The van der Waals surface area contributed by atoms with Crippen molar-refractivity contribution in [3.05, 3.63) is 65.7 Å². The van der Waals surface area contributed by atoms with Crippen LogP contribution < -0.4 is 4.90 Å². The molecular formula is C24H29N3O2. The van der Waals surface area contributed by atoms with Crippen molar-refractivity contribution in [1.82, 2.24) is 9.80 Å². The number of benzene rings is 2. The molecule has 2 aromatic rings. The van der Waals surface area contributed by atoms with Gasteiger partial charge in [-0.05, 0) is 30.5 Å². The lowest BCUT2D eigenvalue weighted by atomic mass is 10.1. The third-order valence-electron chi connectivity index (χ3n) is 6.12. The topological polar surface area (TPSA) is 43.9 Å². The molecule has 2 aliphatic heterocycles. The molecule has 2 fully saturated rings. The normalized spacial score (nSPS) is 19.7. The van der Waals surface area contributed by atoms with E-state index < -0.39 is 0 Å². The smallest absolute Gasteiger partial charge is 0.228 e. The highest BCUT2D eigenvalue weighted by Crippen LogP contribution is 2.24. The van der Waals surface area contributed by atoms with Gasteiger partial charge < -0.3 is 14.7 Å². The van der Waals surface area contributed by atoms with Crippen molar-refractivity contribution >= 4 is 17.5 Å². The van der Waals surface area contributed by atoms with Crippen LogP contribution in [0, 0.1) is 12.8 Å². The molecule has 0 bridgehead atoms. The zero-order valence-corrected chi connectivity index (χ0v) is 17.1. The van der Waals surface area contributed by atoms with Crippen LogP contribution in [0.1, 0.15) is 17.5 Å². The van der Waals surface area contributed by atoms with E-state index in [1.165, 1.54) is 16.8 Å². The number of rotatable bonds is 5. The van der Waals surface area contributed by atoms with Gasteiger partial charge in [-0.15, -0.1) is 0 Å². The SMILES string of the molecule is Cc1ccccc1N1CCN(C(=O)C2CC(=O)N(CCc3ccccc3)C2)CC1. The van der Waals surface area contributed by atoms with E-state index in [9.17, 15) is 9.59 Å². The highest BCUT2D eigenvalue weighted by Gasteiger charge is 2.37. The largest absolute Gasteiger partial charge is 0.368 e. The minimum absolute atomic E-state index is 0.109. The molecule has 5 nitrogen and oxygen atoms in total. The second kappa shape index (κ2) is 8.68. The lowest BCUT2D eigenvalue weighted by molar-refractivity contribution is -0.136. The van der Waals surface area contributed by atoms with Crippen LogP contribution in [0.15, 0.2) is 54.6 Å². The summed E-state index contributed by atoms with van der Waals surface area (Å²) in [7, 11) is 0. The Morgan fingerprint density at radius 2 is 1.66 bits per heavy atom. The number of amides is 2. The van der Waals surface area contributed by atoms with Gasteiger partial charge >= 0.3 is 0 Å². The maximum atomic E-state index is 13.0. The summed E-state index contributed by atoms with van der Waals surface area (Å²) in [5.41, 5.74) is 3.74. The van der Waals surface area contributed by atoms with Crippen LogP contribution in [-0.2, 0) is 16.0 Å². The molecule has 29 heavy (non-hydrogen) atoms. The molecule has 1 unspecified atom stereocenters. The van der Waals surface area contributed by atoms with Gasteiger partial charge in [0.1, 0.15) is 0 Å². The third kappa shape index (κ3) is 4.44. The number of carbonyl (C=O) groups is 2. The molecule has 152 valence electrons. The van der Waals surface area contributed by atoms with Crippen LogP contribution in [0.25, 0.3) is 0 Å². The second-order valence-corrected chi connectivity index (χ2v) is 8.08. The van der Waals surface area contributed by atoms with Gasteiger partial charge in [0.2, 0.25) is 11.8 Å². The molecule has 5 heteroatoms. The monoisotopic (exact) mass is 391 g/mol. The van der Waals surface area contributed by atoms with E-state index in [1.807, 2.05) is 28.0 Å². The molecule has 2 aromatic carbocycles. The summed E-state index contributed by atoms with van der Waals surface area (Å²) in [5, 5.41) is 0. The Kier molecular flexibility index (Phi) is 5.84. The van der Waals surface area contributed by atoms with Crippen LogP contribution in [0.5, 0.6) is 0 Å². The van der Waals surface area contributed by atoms with Gasteiger partial charge in [0, 0.05) is 51.4 Å². The van der Waals surface area contributed by atoms with Gasteiger partial charge in [-0.1, -0.05) is 48.5 Å². The molecule has 2 saturated heterocycles. The zero-order valence-electron chi connectivity index (χ0n) is 17.1. The Bertz CT molecular complexity index is 859. The molecule has 0 radical (unpaired) electrons. The van der Waals surface area contributed by atoms with Crippen molar-refractivity contribution in [2.45, 2.75) is 19.8 Å². The highest BCUT2D eigenvalue weighted by atomic mass is 16.2. The molecule has 0 N–H and O–H groups in total. The molecule has 0 spiro atoms. The summed E-state index contributed by atoms with van der Waals surface area (Å²) < 4.78 is 0. The van der Waals surface area contributed by atoms with Crippen molar-refractivity contribution in [1.29, 1.82) is 0 Å². The van der Waals surface area contributed by atoms with E-state index in [0.717, 1.165) is 32.6 Å². The molecule has 2 heterocycles. The van der Waals surface area contributed by atoms with E-state index in [2.05, 4.69) is 48.2 Å². The number of anilines is 1. The number of carbonyl (C=O) groups excluding carboxylic acids is 2. The molecule has 2 amide bonds. The molecule has 0 aliphatic carbocycles. The Balaban J connectivity index is 1.29. The Labute approximate surface area is 172 Å². The van der Waals surface area contributed by atoms with Crippen LogP contribution >= 0.6 is 0 Å². The second-order valence-electron chi connectivity index (χ2n) is 8.08. The van der Waals surface area contributed by atoms with Crippen molar-refractivity contribution in [2.75, 3.05) is 44.2 Å². The van der Waals surface area contributed by atoms with E-state index in [0.29, 0.717) is 19.5 Å². The van der Waals surface area contributed by atoms with Crippen LogP contribution in [0.4, 0.5) is 5.69 Å². The standard InChI is InChI=1S/C24H29N3O2/c1-19-7-5-6-10-22(19)25-13-15-26(16-14-25)24(29)21-17-23(28)27(18-21)12-11-20-8-3-2-4-9-20/h2-10,21H,11-18H2,1H3. The predicted octanol–water partition coefficient (Wildman–Crippen LogP) is 2.73. The van der Waals surface area contributed by atoms with Gasteiger partial charge in [0.15, 0.2) is 0 Å². The summed E-state index contributed by atoms with van der Waals surface area (Å²) in [5.74, 6) is 0.0612. The molecule has 0 saturated carbocycles. The molecule has 1 atom stereocenters. The fourth-order valence-corrected chi connectivity index (χ4v) is 4.41. The Morgan fingerprint density at radius 3 is 2.38 bits per heavy atom. The number of hydrogen-bond acceptors (Lipinski definition) is 3. The number of aryl methyl sites for hydroxylation is 1. The summed E-state index contributed by atoms with van der Waals surface area (Å²) in [6, 6.07) is 18.6. The highest BCUT2D eigenvalue weighted by molar-refractivity contribution is 5.89. The first-order valence-electron chi connectivity index (χ1n) is 10.5. The molecule has 0 aromatic heterocycles. The molecule has 2 aliphatic rings. The average molecular weight is 392 g/mol. The Morgan fingerprint density at radius 1 is 0.966 bits per heavy atom. The van der Waals surface area contributed by atoms with E-state index in [4.69, 9.17) is 0 Å². The van der Waals surface area contributed by atoms with Gasteiger partial charge in [0.25, 0.3) is 0 Å². The number of hydrogen-bond donors (Lipinski definition) is 0. The van der Waals surface area contributed by atoms with Crippen molar-refractivity contribution in [2.24, 2.45) is 5.92 Å². The fourth-order valence-electron chi connectivity index (χ4n) is 4.41. The zero-order chi connectivity index (χ0) is 20.2. The van der Waals surface area contributed by atoms with Gasteiger partial charge in [-0.3, -0.25) is 9.59 Å². The molecular weight excluding hydrogens is 362 g/mol. The van der Waals surface area contributed by atoms with E-state index in [1.54, 1.807) is 0 Å². The first-order chi connectivity index (χ1) is 14.1. The number of nitrogens with zero attached hydrogens (tertiary/aromatic N) is 3. The summed E-state index contributed by atoms with van der Waals surface area (Å²) in [6.45, 7) is 6.50. The number of piperazine rings is 1. The first-order valence-corrected chi connectivity index (χ1v) is 10.5. The van der Waals surface area contributed by atoms with Crippen LogP contribution in [-0.4, -0.2) is 60.9 Å². The summed E-state index contributed by atoms with van der Waals surface area (Å²) in [6.07, 6.45) is 1.19. The average Bonchev–Trinajstić information content (AvgIpc) is 3.13. The number of likely N-dealkylation sites (tertiary alicyclic amines) is 1. The van der Waals surface area contributed by atoms with Gasteiger partial charge in [0.05, 0.1) is 5.92 Å². The van der Waals surface area contributed by atoms with Gasteiger partial charge in [-0.2, -0.15) is 0 Å². The quantitative estimate of drug-likeness (QED) is 0.787. The van der Waals surface area contributed by atoms with Crippen molar-refractivity contribution < 1.29 is 9.59 Å². The summed E-state index contributed by atoms with van der Waals surface area (Å²) >= 11 is 0. The Hall–Kier alpha value is -2.82. The van der Waals surface area contributed by atoms with Gasteiger partial charge in [-0.25, -0.2) is 0 Å². The third-order valence-corrected chi connectivity index (χ3v) is 6.12. The first kappa shape index (κ1) is 19.5. The van der Waals surface area contributed by atoms with Crippen molar-refractivity contribution in [3.63, 3.8) is 0 Å². The minimum atomic E-state index is -0.191. The van der Waals surface area contributed by atoms with E-state index >= 15 is 0 Å². The lowest BCUT2D eigenvalue weighted by Crippen LogP contribution is -2.50. The predicted molar refractivity (Wildman–Crippen MR) is 115 cm³/mol. The maximum absolute atomic E-state index is 13.0. The maximum Gasteiger partial charge on any atom is 0.228 e. The minimum Gasteiger partial charge on any atom is -0.368 e. The van der Waals surface area contributed by atoms with Crippen molar-refractivity contribution in [3.8, 4) is 0 Å².